The highest BCUT2D eigenvalue weighted by Crippen LogP contribution is 2.43. The lowest BCUT2D eigenvalue weighted by molar-refractivity contribution is -0.139. The maximum absolute atomic E-state index is 11.9. The Labute approximate surface area is 94.9 Å². The van der Waals surface area contributed by atoms with Crippen LogP contribution in [-0.4, -0.2) is 5.97 Å². The summed E-state index contributed by atoms with van der Waals surface area (Å²) < 4.78 is 5.38. The molecule has 0 aliphatic heterocycles. The Morgan fingerprint density at radius 1 is 1.12 bits per heavy atom. The minimum atomic E-state index is -0.0666. The largest absolute Gasteiger partial charge is 0.426 e. The number of allylic oxidation sites excluding steroid dienone is 2. The van der Waals surface area contributed by atoms with Crippen molar-refractivity contribution in [1.82, 2.24) is 0 Å². The van der Waals surface area contributed by atoms with Crippen molar-refractivity contribution >= 4 is 5.97 Å². The van der Waals surface area contributed by atoms with Gasteiger partial charge in [-0.05, 0) is 36.8 Å². The van der Waals surface area contributed by atoms with Crippen LogP contribution in [0.3, 0.4) is 0 Å². The summed E-state index contributed by atoms with van der Waals surface area (Å²) in [5.41, 5.74) is 0. The predicted molar refractivity (Wildman–Crippen MR) is 60.9 cm³/mol. The number of ether oxygens (including phenoxy) is 1. The van der Waals surface area contributed by atoms with E-state index in [0.717, 1.165) is 12.8 Å². The van der Waals surface area contributed by atoms with Crippen LogP contribution < -0.4 is 4.74 Å². The molecule has 1 aromatic rings. The fourth-order valence-corrected chi connectivity index (χ4v) is 2.73. The van der Waals surface area contributed by atoms with E-state index in [4.69, 9.17) is 4.74 Å². The Hall–Kier alpha value is -1.57. The molecule has 2 aliphatic rings. The van der Waals surface area contributed by atoms with Crippen molar-refractivity contribution in [3.63, 3.8) is 0 Å². The highest BCUT2D eigenvalue weighted by molar-refractivity contribution is 5.76. The zero-order chi connectivity index (χ0) is 11.0. The Morgan fingerprint density at radius 3 is 2.56 bits per heavy atom. The maximum Gasteiger partial charge on any atom is 0.314 e. The van der Waals surface area contributed by atoms with E-state index in [2.05, 4.69) is 12.2 Å². The third-order valence-corrected chi connectivity index (χ3v) is 3.54. The van der Waals surface area contributed by atoms with Crippen molar-refractivity contribution in [2.75, 3.05) is 0 Å². The zero-order valence-electron chi connectivity index (χ0n) is 9.00. The monoisotopic (exact) mass is 214 g/mol. The SMILES string of the molecule is O=C(Oc1ccccc1)C1CC2C=CC1C2. The van der Waals surface area contributed by atoms with Crippen LogP contribution in [0.2, 0.25) is 0 Å². The third kappa shape index (κ3) is 1.64. The Balaban J connectivity index is 1.69. The molecule has 2 heteroatoms. The average Bonchev–Trinajstić information content (AvgIpc) is 2.92. The molecular formula is C14H14O2. The summed E-state index contributed by atoms with van der Waals surface area (Å²) in [6.45, 7) is 0. The molecule has 3 rings (SSSR count). The van der Waals surface area contributed by atoms with Crippen LogP contribution in [0.4, 0.5) is 0 Å². The summed E-state index contributed by atoms with van der Waals surface area (Å²) >= 11 is 0. The molecule has 0 saturated heterocycles. The quantitative estimate of drug-likeness (QED) is 0.430. The van der Waals surface area contributed by atoms with Crippen LogP contribution in [0, 0.1) is 17.8 Å². The topological polar surface area (TPSA) is 26.3 Å². The number of carbonyl (C=O) groups excluding carboxylic acids is 1. The molecule has 1 fully saturated rings. The van der Waals surface area contributed by atoms with Crippen molar-refractivity contribution in [3.05, 3.63) is 42.5 Å². The summed E-state index contributed by atoms with van der Waals surface area (Å²) in [5, 5.41) is 0. The van der Waals surface area contributed by atoms with E-state index in [1.54, 1.807) is 0 Å². The van der Waals surface area contributed by atoms with Gasteiger partial charge in [-0.1, -0.05) is 30.4 Å². The molecule has 0 spiro atoms. The van der Waals surface area contributed by atoms with E-state index >= 15 is 0 Å². The number of rotatable bonds is 2. The summed E-state index contributed by atoms with van der Waals surface area (Å²) in [5.74, 6) is 1.69. The van der Waals surface area contributed by atoms with Crippen LogP contribution >= 0.6 is 0 Å². The minimum absolute atomic E-state index is 0.0666. The molecular weight excluding hydrogens is 200 g/mol. The van der Waals surface area contributed by atoms with E-state index in [9.17, 15) is 4.79 Å². The molecule has 0 amide bonds. The molecule has 1 aromatic carbocycles. The Bertz CT molecular complexity index is 422. The highest BCUT2D eigenvalue weighted by Gasteiger charge is 2.40. The molecule has 2 aliphatic carbocycles. The van der Waals surface area contributed by atoms with E-state index in [-0.39, 0.29) is 11.9 Å². The molecule has 3 atom stereocenters. The van der Waals surface area contributed by atoms with Crippen molar-refractivity contribution in [1.29, 1.82) is 0 Å². The number of esters is 1. The Kier molecular flexibility index (Phi) is 2.28. The van der Waals surface area contributed by atoms with Crippen LogP contribution in [0.15, 0.2) is 42.5 Å². The number of carbonyl (C=O) groups is 1. The van der Waals surface area contributed by atoms with Crippen molar-refractivity contribution in [3.8, 4) is 5.75 Å². The molecule has 3 unspecified atom stereocenters. The number of fused-ring (bicyclic) bond motifs is 2. The standard InChI is InChI=1S/C14H14O2/c15-14(16-12-4-2-1-3-5-12)13-9-10-6-7-11(13)8-10/h1-7,10-11,13H,8-9H2. The van der Waals surface area contributed by atoms with Gasteiger partial charge in [0.05, 0.1) is 5.92 Å². The molecule has 1 saturated carbocycles. The van der Waals surface area contributed by atoms with E-state index in [1.807, 2.05) is 30.3 Å². The Morgan fingerprint density at radius 2 is 1.94 bits per heavy atom. The second-order valence-corrected chi connectivity index (χ2v) is 4.62. The summed E-state index contributed by atoms with van der Waals surface area (Å²) in [6, 6.07) is 9.31. The fourth-order valence-electron chi connectivity index (χ4n) is 2.73. The first-order valence-corrected chi connectivity index (χ1v) is 5.78. The molecule has 0 N–H and O–H groups in total. The smallest absolute Gasteiger partial charge is 0.314 e. The number of para-hydroxylation sites is 1. The van der Waals surface area contributed by atoms with E-state index in [0.29, 0.717) is 17.6 Å². The molecule has 0 heterocycles. The van der Waals surface area contributed by atoms with Crippen LogP contribution in [0.5, 0.6) is 5.75 Å². The first kappa shape index (κ1) is 9.64. The lowest BCUT2D eigenvalue weighted by atomic mass is 9.94. The van der Waals surface area contributed by atoms with Gasteiger partial charge in [0.2, 0.25) is 0 Å². The summed E-state index contributed by atoms with van der Waals surface area (Å²) in [6.07, 6.45) is 6.50. The van der Waals surface area contributed by atoms with Gasteiger partial charge in [0.1, 0.15) is 5.75 Å². The van der Waals surface area contributed by atoms with Gasteiger partial charge in [-0.25, -0.2) is 0 Å². The van der Waals surface area contributed by atoms with Gasteiger partial charge in [0.15, 0.2) is 0 Å². The predicted octanol–water partition coefficient (Wildman–Crippen LogP) is 2.80. The van der Waals surface area contributed by atoms with E-state index in [1.165, 1.54) is 0 Å². The van der Waals surface area contributed by atoms with Gasteiger partial charge in [0, 0.05) is 0 Å². The van der Waals surface area contributed by atoms with Gasteiger partial charge < -0.3 is 4.74 Å². The first-order valence-electron chi connectivity index (χ1n) is 5.78. The first-order chi connectivity index (χ1) is 7.83. The van der Waals surface area contributed by atoms with Crippen molar-refractivity contribution in [2.24, 2.45) is 17.8 Å². The van der Waals surface area contributed by atoms with Gasteiger partial charge in [-0.3, -0.25) is 4.79 Å². The molecule has 2 nitrogen and oxygen atoms in total. The van der Waals surface area contributed by atoms with Crippen molar-refractivity contribution < 1.29 is 9.53 Å². The molecule has 16 heavy (non-hydrogen) atoms. The molecule has 0 radical (unpaired) electrons. The zero-order valence-corrected chi connectivity index (χ0v) is 9.00. The van der Waals surface area contributed by atoms with E-state index < -0.39 is 0 Å². The van der Waals surface area contributed by atoms with Gasteiger partial charge in [-0.2, -0.15) is 0 Å². The normalized spacial score (nSPS) is 30.6. The third-order valence-electron chi connectivity index (χ3n) is 3.54. The fraction of sp³-hybridized carbons (Fsp3) is 0.357. The second-order valence-electron chi connectivity index (χ2n) is 4.62. The summed E-state index contributed by atoms with van der Waals surface area (Å²) in [7, 11) is 0. The second kappa shape index (κ2) is 3.78. The number of benzene rings is 1. The van der Waals surface area contributed by atoms with Crippen molar-refractivity contribution in [2.45, 2.75) is 12.8 Å². The molecule has 2 bridgehead atoms. The van der Waals surface area contributed by atoms with Crippen LogP contribution in [0.25, 0.3) is 0 Å². The van der Waals surface area contributed by atoms with Gasteiger partial charge in [0.25, 0.3) is 0 Å². The van der Waals surface area contributed by atoms with Crippen LogP contribution in [0.1, 0.15) is 12.8 Å². The molecule has 82 valence electrons. The molecule has 0 aromatic heterocycles. The number of hydrogen-bond donors (Lipinski definition) is 0. The number of hydrogen-bond acceptors (Lipinski definition) is 2. The van der Waals surface area contributed by atoms with Gasteiger partial charge >= 0.3 is 5.97 Å². The lowest BCUT2D eigenvalue weighted by Crippen LogP contribution is -2.23. The highest BCUT2D eigenvalue weighted by atomic mass is 16.5. The van der Waals surface area contributed by atoms with Gasteiger partial charge in [-0.15, -0.1) is 0 Å². The maximum atomic E-state index is 11.9. The lowest BCUT2D eigenvalue weighted by Gasteiger charge is -2.16. The summed E-state index contributed by atoms with van der Waals surface area (Å²) in [4.78, 5) is 11.9. The minimum Gasteiger partial charge on any atom is -0.426 e. The van der Waals surface area contributed by atoms with Crippen LogP contribution in [-0.2, 0) is 4.79 Å². The average molecular weight is 214 g/mol.